The zero-order valence-corrected chi connectivity index (χ0v) is 8.47. The van der Waals surface area contributed by atoms with Gasteiger partial charge in [0.25, 0.3) is 0 Å². The Balaban J connectivity index is 3.20. The number of anilines is 1. The first-order chi connectivity index (χ1) is 7.41. The first-order valence-corrected chi connectivity index (χ1v) is 4.42. The standard InChI is InChI=1S/C9H10BNO5/c1-5(12)11-8-4-6(9(13)14)2-3-7(8)10(15)16/h2-4,15-16H,1H3,(H,11,12)(H,13,14). The molecule has 4 N–H and O–H groups in total. The third kappa shape index (κ3) is 2.82. The van der Waals surface area contributed by atoms with Crippen molar-refractivity contribution < 1.29 is 24.7 Å². The van der Waals surface area contributed by atoms with Gasteiger partial charge in [-0.1, -0.05) is 6.07 Å². The quantitative estimate of drug-likeness (QED) is 0.493. The summed E-state index contributed by atoms with van der Waals surface area (Å²) in [4.78, 5) is 21.5. The van der Waals surface area contributed by atoms with Crippen LogP contribution in [-0.4, -0.2) is 34.1 Å². The van der Waals surface area contributed by atoms with Crippen molar-refractivity contribution in [2.45, 2.75) is 6.92 Å². The molecule has 84 valence electrons. The Kier molecular flexibility index (Phi) is 3.65. The Labute approximate surface area is 91.7 Å². The molecule has 0 fully saturated rings. The molecule has 0 unspecified atom stereocenters. The Morgan fingerprint density at radius 1 is 1.31 bits per heavy atom. The van der Waals surface area contributed by atoms with E-state index >= 15 is 0 Å². The van der Waals surface area contributed by atoms with Crippen molar-refractivity contribution >= 4 is 30.1 Å². The van der Waals surface area contributed by atoms with Gasteiger partial charge >= 0.3 is 13.1 Å². The maximum absolute atomic E-state index is 10.8. The molecule has 0 bridgehead atoms. The van der Waals surface area contributed by atoms with E-state index in [1.54, 1.807) is 0 Å². The molecule has 0 radical (unpaired) electrons. The van der Waals surface area contributed by atoms with Gasteiger partial charge in [-0.05, 0) is 12.1 Å². The molecular formula is C9H10BNO5. The van der Waals surface area contributed by atoms with E-state index in [4.69, 9.17) is 15.2 Å². The maximum Gasteiger partial charge on any atom is 0.490 e. The molecule has 0 aliphatic carbocycles. The van der Waals surface area contributed by atoms with Crippen molar-refractivity contribution in [3.63, 3.8) is 0 Å². The van der Waals surface area contributed by atoms with Gasteiger partial charge in [-0.25, -0.2) is 4.79 Å². The van der Waals surface area contributed by atoms with Crippen LogP contribution in [0.3, 0.4) is 0 Å². The van der Waals surface area contributed by atoms with Crippen LogP contribution in [0.25, 0.3) is 0 Å². The fraction of sp³-hybridized carbons (Fsp3) is 0.111. The van der Waals surface area contributed by atoms with Gasteiger partial charge in [-0.2, -0.15) is 0 Å². The van der Waals surface area contributed by atoms with Crippen LogP contribution in [0.2, 0.25) is 0 Å². The van der Waals surface area contributed by atoms with Crippen molar-refractivity contribution in [2.24, 2.45) is 0 Å². The predicted octanol–water partition coefficient (Wildman–Crippen LogP) is -0.977. The van der Waals surface area contributed by atoms with Crippen molar-refractivity contribution in [3.05, 3.63) is 23.8 Å². The molecule has 0 heterocycles. The first kappa shape index (κ1) is 12.2. The number of hydrogen-bond donors (Lipinski definition) is 4. The van der Waals surface area contributed by atoms with Gasteiger partial charge in [-0.15, -0.1) is 0 Å². The van der Waals surface area contributed by atoms with E-state index in [1.165, 1.54) is 25.1 Å². The Bertz CT molecular complexity index is 432. The highest BCUT2D eigenvalue weighted by atomic mass is 16.4. The highest BCUT2D eigenvalue weighted by Crippen LogP contribution is 2.09. The molecule has 1 aromatic rings. The van der Waals surface area contributed by atoms with Crippen molar-refractivity contribution in [2.75, 3.05) is 5.32 Å². The molecule has 0 aliphatic heterocycles. The third-order valence-corrected chi connectivity index (χ3v) is 1.89. The number of rotatable bonds is 3. The molecule has 1 rings (SSSR count). The lowest BCUT2D eigenvalue weighted by atomic mass is 9.78. The van der Waals surface area contributed by atoms with E-state index in [1.807, 2.05) is 0 Å². The molecule has 0 aromatic heterocycles. The number of carboxylic acid groups (broad SMARTS) is 1. The van der Waals surface area contributed by atoms with Crippen LogP contribution < -0.4 is 10.8 Å². The predicted molar refractivity (Wildman–Crippen MR) is 57.5 cm³/mol. The fourth-order valence-corrected chi connectivity index (χ4v) is 1.21. The molecule has 0 atom stereocenters. The Morgan fingerprint density at radius 2 is 1.94 bits per heavy atom. The molecule has 16 heavy (non-hydrogen) atoms. The van der Waals surface area contributed by atoms with E-state index in [9.17, 15) is 9.59 Å². The van der Waals surface area contributed by atoms with Gasteiger partial charge in [0, 0.05) is 18.1 Å². The van der Waals surface area contributed by atoms with Crippen molar-refractivity contribution in [3.8, 4) is 0 Å². The SMILES string of the molecule is CC(=O)Nc1cc(C(=O)O)ccc1B(O)O. The minimum Gasteiger partial charge on any atom is -0.478 e. The van der Waals surface area contributed by atoms with Crippen LogP contribution in [0.4, 0.5) is 5.69 Å². The maximum atomic E-state index is 10.8. The summed E-state index contributed by atoms with van der Waals surface area (Å²) >= 11 is 0. The second kappa shape index (κ2) is 4.78. The summed E-state index contributed by atoms with van der Waals surface area (Å²) < 4.78 is 0. The second-order valence-electron chi connectivity index (χ2n) is 3.16. The molecular weight excluding hydrogens is 213 g/mol. The normalized spacial score (nSPS) is 9.69. The number of hydrogen-bond acceptors (Lipinski definition) is 4. The lowest BCUT2D eigenvalue weighted by Crippen LogP contribution is -2.33. The highest BCUT2D eigenvalue weighted by Gasteiger charge is 2.18. The van der Waals surface area contributed by atoms with Crippen LogP contribution in [0, 0.1) is 0 Å². The zero-order chi connectivity index (χ0) is 12.3. The monoisotopic (exact) mass is 223 g/mol. The minimum absolute atomic E-state index is 0.0419. The van der Waals surface area contributed by atoms with E-state index in [2.05, 4.69) is 5.32 Å². The topological polar surface area (TPSA) is 107 Å². The summed E-state index contributed by atoms with van der Waals surface area (Å²) in [6.07, 6.45) is 0. The summed E-state index contributed by atoms with van der Waals surface area (Å²) in [5.41, 5.74) is 0.0655. The molecule has 1 aromatic carbocycles. The Hall–Kier alpha value is -1.86. The smallest absolute Gasteiger partial charge is 0.478 e. The van der Waals surface area contributed by atoms with Crippen LogP contribution >= 0.6 is 0 Å². The number of benzene rings is 1. The van der Waals surface area contributed by atoms with Crippen LogP contribution in [0.1, 0.15) is 17.3 Å². The van der Waals surface area contributed by atoms with Gasteiger partial charge in [0.15, 0.2) is 0 Å². The molecule has 0 aliphatic rings. The van der Waals surface area contributed by atoms with Crippen LogP contribution in [0.5, 0.6) is 0 Å². The largest absolute Gasteiger partial charge is 0.490 e. The number of carbonyl (C=O) groups is 2. The summed E-state index contributed by atoms with van der Waals surface area (Å²) in [7, 11) is -1.77. The average molecular weight is 223 g/mol. The zero-order valence-electron chi connectivity index (χ0n) is 8.47. The molecule has 1 amide bonds. The molecule has 6 nitrogen and oxygen atoms in total. The summed E-state index contributed by atoms with van der Waals surface area (Å²) in [6, 6.07) is 3.63. The summed E-state index contributed by atoms with van der Waals surface area (Å²) in [6.45, 7) is 1.24. The first-order valence-electron chi connectivity index (χ1n) is 4.42. The lowest BCUT2D eigenvalue weighted by Gasteiger charge is -2.09. The summed E-state index contributed by atoms with van der Waals surface area (Å²) in [5.74, 6) is -1.59. The average Bonchev–Trinajstić information content (AvgIpc) is 2.15. The van der Waals surface area contributed by atoms with Gasteiger partial charge in [0.2, 0.25) is 5.91 Å². The van der Waals surface area contributed by atoms with Crippen molar-refractivity contribution in [1.82, 2.24) is 0 Å². The molecule has 7 heteroatoms. The van der Waals surface area contributed by atoms with Gasteiger partial charge in [0.05, 0.1) is 5.56 Å². The third-order valence-electron chi connectivity index (χ3n) is 1.89. The van der Waals surface area contributed by atoms with E-state index < -0.39 is 19.0 Å². The molecule has 0 spiro atoms. The molecule has 0 saturated heterocycles. The van der Waals surface area contributed by atoms with Gasteiger partial charge < -0.3 is 20.5 Å². The van der Waals surface area contributed by atoms with Gasteiger partial charge in [-0.3, -0.25) is 4.79 Å². The number of nitrogens with one attached hydrogen (secondary N) is 1. The highest BCUT2D eigenvalue weighted by molar-refractivity contribution is 6.60. The van der Waals surface area contributed by atoms with Gasteiger partial charge in [0.1, 0.15) is 0 Å². The van der Waals surface area contributed by atoms with E-state index in [-0.39, 0.29) is 16.7 Å². The van der Waals surface area contributed by atoms with Crippen molar-refractivity contribution in [1.29, 1.82) is 0 Å². The number of carboxylic acids is 1. The number of carbonyl (C=O) groups excluding carboxylic acids is 1. The summed E-state index contributed by atoms with van der Waals surface area (Å²) in [5, 5.41) is 29.1. The number of amides is 1. The number of aromatic carboxylic acids is 1. The minimum atomic E-state index is -1.77. The Morgan fingerprint density at radius 3 is 2.38 bits per heavy atom. The lowest BCUT2D eigenvalue weighted by molar-refractivity contribution is -0.114. The van der Waals surface area contributed by atoms with Crippen LogP contribution in [0.15, 0.2) is 18.2 Å². The molecule has 0 saturated carbocycles. The fourth-order valence-electron chi connectivity index (χ4n) is 1.21. The van der Waals surface area contributed by atoms with Crippen LogP contribution in [-0.2, 0) is 4.79 Å². The second-order valence-corrected chi connectivity index (χ2v) is 3.16. The van der Waals surface area contributed by atoms with E-state index in [0.29, 0.717) is 0 Å². The van der Waals surface area contributed by atoms with E-state index in [0.717, 1.165) is 0 Å².